The Kier molecular flexibility index (Phi) is 4.41. The number of carbonyl (C=O) groups excluding carboxylic acids is 1. The highest BCUT2D eigenvalue weighted by molar-refractivity contribution is 5.94. The smallest absolute Gasteiger partial charge is 0.253 e. The third-order valence-corrected chi connectivity index (χ3v) is 3.93. The van der Waals surface area contributed by atoms with E-state index in [1.807, 2.05) is 6.92 Å². The Bertz CT molecular complexity index is 752. The molecule has 3 rings (SSSR count). The maximum atomic E-state index is 12.4. The largest absolute Gasteiger partial charge is 0.478 e. The first-order valence-corrected chi connectivity index (χ1v) is 7.79. The molecule has 0 saturated heterocycles. The second kappa shape index (κ2) is 6.64. The van der Waals surface area contributed by atoms with Crippen LogP contribution >= 0.6 is 0 Å². The van der Waals surface area contributed by atoms with Gasteiger partial charge in [-0.25, -0.2) is 4.98 Å². The predicted molar refractivity (Wildman–Crippen MR) is 85.6 cm³/mol. The summed E-state index contributed by atoms with van der Waals surface area (Å²) in [6.45, 7) is 2.42. The van der Waals surface area contributed by atoms with Gasteiger partial charge in [0.1, 0.15) is 0 Å². The van der Waals surface area contributed by atoms with Crippen molar-refractivity contribution in [1.82, 2.24) is 15.3 Å². The van der Waals surface area contributed by atoms with E-state index in [0.717, 1.165) is 30.5 Å². The Morgan fingerprint density at radius 2 is 2.26 bits per heavy atom. The fourth-order valence-electron chi connectivity index (χ4n) is 2.84. The molecule has 1 aliphatic carbocycles. The van der Waals surface area contributed by atoms with Crippen molar-refractivity contribution in [3.63, 3.8) is 0 Å². The van der Waals surface area contributed by atoms with Crippen LogP contribution < -0.4 is 15.6 Å². The van der Waals surface area contributed by atoms with E-state index < -0.39 is 0 Å². The molecular weight excluding hydrogens is 294 g/mol. The Morgan fingerprint density at radius 3 is 3.00 bits per heavy atom. The van der Waals surface area contributed by atoms with Crippen molar-refractivity contribution in [2.45, 2.75) is 32.2 Å². The lowest BCUT2D eigenvalue weighted by Gasteiger charge is -2.25. The second-order valence-electron chi connectivity index (χ2n) is 5.49. The molecule has 0 unspecified atom stereocenters. The molecule has 120 valence electrons. The maximum Gasteiger partial charge on any atom is 0.253 e. The van der Waals surface area contributed by atoms with Gasteiger partial charge < -0.3 is 15.0 Å². The van der Waals surface area contributed by atoms with Gasteiger partial charge in [0.25, 0.3) is 5.91 Å². The molecule has 0 bridgehead atoms. The Morgan fingerprint density at radius 1 is 1.39 bits per heavy atom. The third-order valence-electron chi connectivity index (χ3n) is 3.93. The molecule has 1 atom stereocenters. The summed E-state index contributed by atoms with van der Waals surface area (Å²) in [4.78, 5) is 30.8. The molecule has 2 aromatic rings. The summed E-state index contributed by atoms with van der Waals surface area (Å²) < 4.78 is 5.27. The van der Waals surface area contributed by atoms with Crippen molar-refractivity contribution < 1.29 is 9.53 Å². The number of amides is 1. The number of fused-ring (bicyclic) bond motifs is 1. The molecule has 1 amide bonds. The van der Waals surface area contributed by atoms with Crippen molar-refractivity contribution in [3.05, 3.63) is 57.6 Å². The zero-order valence-corrected chi connectivity index (χ0v) is 13.0. The maximum absolute atomic E-state index is 12.4. The van der Waals surface area contributed by atoms with E-state index in [0.29, 0.717) is 18.1 Å². The van der Waals surface area contributed by atoms with E-state index in [4.69, 9.17) is 4.74 Å². The zero-order valence-electron chi connectivity index (χ0n) is 13.0. The molecule has 23 heavy (non-hydrogen) atoms. The van der Waals surface area contributed by atoms with Crippen LogP contribution in [-0.4, -0.2) is 22.5 Å². The number of pyridine rings is 2. The number of aromatic amines is 1. The van der Waals surface area contributed by atoms with E-state index in [2.05, 4.69) is 15.3 Å². The first-order valence-electron chi connectivity index (χ1n) is 7.79. The lowest BCUT2D eigenvalue weighted by atomic mass is 9.91. The van der Waals surface area contributed by atoms with Gasteiger partial charge in [0.2, 0.25) is 11.4 Å². The molecular formula is C17H19N3O3. The summed E-state index contributed by atoms with van der Waals surface area (Å²) in [5, 5.41) is 3.02. The summed E-state index contributed by atoms with van der Waals surface area (Å²) in [6, 6.07) is 6.60. The number of ether oxygens (including phenoxy) is 1. The Hall–Kier alpha value is -2.63. The lowest BCUT2D eigenvalue weighted by Crippen LogP contribution is -2.32. The second-order valence-corrected chi connectivity index (χ2v) is 5.49. The molecule has 1 aliphatic rings. The van der Waals surface area contributed by atoms with Crippen molar-refractivity contribution in [2.24, 2.45) is 0 Å². The highest BCUT2D eigenvalue weighted by Gasteiger charge is 2.23. The minimum absolute atomic E-state index is 0.0883. The lowest BCUT2D eigenvalue weighted by molar-refractivity contribution is 0.0932. The van der Waals surface area contributed by atoms with Gasteiger partial charge in [0.15, 0.2) is 0 Å². The van der Waals surface area contributed by atoms with Crippen molar-refractivity contribution >= 4 is 5.91 Å². The molecule has 6 nitrogen and oxygen atoms in total. The average Bonchev–Trinajstić information content (AvgIpc) is 2.55. The predicted octanol–water partition coefficient (Wildman–Crippen LogP) is 1.98. The fourth-order valence-corrected chi connectivity index (χ4v) is 2.84. The van der Waals surface area contributed by atoms with Crippen LogP contribution in [0.15, 0.2) is 35.3 Å². The minimum Gasteiger partial charge on any atom is -0.478 e. The number of aryl methyl sites for hydroxylation is 1. The molecule has 2 aromatic heterocycles. The van der Waals surface area contributed by atoms with Crippen molar-refractivity contribution in [1.29, 1.82) is 0 Å². The van der Waals surface area contributed by atoms with Gasteiger partial charge in [-0.3, -0.25) is 9.59 Å². The van der Waals surface area contributed by atoms with Gasteiger partial charge in [-0.1, -0.05) is 0 Å². The fraction of sp³-hybridized carbons (Fsp3) is 0.353. The van der Waals surface area contributed by atoms with Gasteiger partial charge >= 0.3 is 0 Å². The quantitative estimate of drug-likeness (QED) is 0.904. The van der Waals surface area contributed by atoms with Crippen LogP contribution in [0.2, 0.25) is 0 Å². The summed E-state index contributed by atoms with van der Waals surface area (Å²) in [7, 11) is 0. The average molecular weight is 313 g/mol. The minimum atomic E-state index is -0.176. The van der Waals surface area contributed by atoms with E-state index in [9.17, 15) is 9.59 Å². The standard InChI is InChI=1S/C17H19N3O3/c1-2-23-16-9-6-11(10-18-16)17(22)20-14-5-3-4-13-12(14)7-8-15(21)19-13/h6-10,14H,2-5H2,1H3,(H,19,21)(H,20,22)/t14-/m0/s1. The van der Waals surface area contributed by atoms with Crippen LogP contribution in [0.5, 0.6) is 5.88 Å². The molecule has 0 aromatic carbocycles. The molecule has 2 heterocycles. The molecule has 6 heteroatoms. The van der Waals surface area contributed by atoms with Crippen LogP contribution in [0.3, 0.4) is 0 Å². The number of carbonyl (C=O) groups is 1. The number of rotatable bonds is 4. The summed E-state index contributed by atoms with van der Waals surface area (Å²) in [5.41, 5.74) is 2.29. The van der Waals surface area contributed by atoms with E-state index in [1.165, 1.54) is 12.3 Å². The zero-order chi connectivity index (χ0) is 16.2. The number of hydrogen-bond acceptors (Lipinski definition) is 4. The van der Waals surface area contributed by atoms with Crippen molar-refractivity contribution in [3.8, 4) is 5.88 Å². The first-order chi connectivity index (χ1) is 11.2. The molecule has 0 aliphatic heterocycles. The molecule has 0 spiro atoms. The molecule has 2 N–H and O–H groups in total. The van der Waals surface area contributed by atoms with Gasteiger partial charge in [-0.2, -0.15) is 0 Å². The Labute approximate surface area is 133 Å². The van der Waals surface area contributed by atoms with E-state index >= 15 is 0 Å². The van der Waals surface area contributed by atoms with Crippen LogP contribution in [-0.2, 0) is 6.42 Å². The van der Waals surface area contributed by atoms with Crippen LogP contribution in [0.1, 0.15) is 47.4 Å². The topological polar surface area (TPSA) is 84.1 Å². The Balaban J connectivity index is 1.75. The SMILES string of the molecule is CCOc1ccc(C(=O)N[C@H]2CCCc3[nH]c(=O)ccc32)cn1. The molecule has 0 radical (unpaired) electrons. The van der Waals surface area contributed by atoms with E-state index in [1.54, 1.807) is 18.2 Å². The summed E-state index contributed by atoms with van der Waals surface area (Å²) >= 11 is 0. The first kappa shape index (κ1) is 15.3. The summed E-state index contributed by atoms with van der Waals surface area (Å²) in [6.07, 6.45) is 4.13. The normalized spacial score (nSPS) is 16.5. The molecule has 0 fully saturated rings. The number of nitrogens with zero attached hydrogens (tertiary/aromatic N) is 1. The van der Waals surface area contributed by atoms with Crippen LogP contribution in [0.25, 0.3) is 0 Å². The third kappa shape index (κ3) is 3.41. The molecule has 0 saturated carbocycles. The number of aromatic nitrogens is 2. The van der Waals surface area contributed by atoms with Crippen LogP contribution in [0, 0.1) is 0 Å². The van der Waals surface area contributed by atoms with Crippen molar-refractivity contribution in [2.75, 3.05) is 6.61 Å². The van der Waals surface area contributed by atoms with Gasteiger partial charge in [0.05, 0.1) is 18.2 Å². The highest BCUT2D eigenvalue weighted by Crippen LogP contribution is 2.27. The monoisotopic (exact) mass is 313 g/mol. The number of hydrogen-bond donors (Lipinski definition) is 2. The highest BCUT2D eigenvalue weighted by atomic mass is 16.5. The van der Waals surface area contributed by atoms with Gasteiger partial charge in [-0.15, -0.1) is 0 Å². The summed E-state index contributed by atoms with van der Waals surface area (Å²) in [5.74, 6) is 0.328. The van der Waals surface area contributed by atoms with Gasteiger partial charge in [-0.05, 0) is 43.9 Å². The number of nitrogens with one attached hydrogen (secondary N) is 2. The van der Waals surface area contributed by atoms with E-state index in [-0.39, 0.29) is 17.5 Å². The van der Waals surface area contributed by atoms with Crippen LogP contribution in [0.4, 0.5) is 0 Å². The number of H-pyrrole nitrogens is 1. The van der Waals surface area contributed by atoms with Gasteiger partial charge in [0, 0.05) is 24.0 Å².